The lowest BCUT2D eigenvalue weighted by Gasteiger charge is -2.14. The van der Waals surface area contributed by atoms with Gasteiger partial charge in [0.2, 0.25) is 5.91 Å². The number of carbonyl (C=O) groups excluding carboxylic acids is 1. The first-order valence-electron chi connectivity index (χ1n) is 8.05. The van der Waals surface area contributed by atoms with E-state index in [1.54, 1.807) is 13.2 Å². The fourth-order valence-corrected chi connectivity index (χ4v) is 2.16. The summed E-state index contributed by atoms with van der Waals surface area (Å²) in [5.41, 5.74) is 1.86. The van der Waals surface area contributed by atoms with E-state index in [2.05, 4.69) is 5.32 Å². The highest BCUT2D eigenvalue weighted by molar-refractivity contribution is 5.91. The highest BCUT2D eigenvalue weighted by atomic mass is 16.5. The van der Waals surface area contributed by atoms with Crippen LogP contribution in [0.5, 0.6) is 11.5 Å². The summed E-state index contributed by atoms with van der Waals surface area (Å²) in [7, 11) is 1.59. The number of ether oxygens (including phenoxy) is 2. The van der Waals surface area contributed by atoms with Crippen LogP contribution in [-0.2, 0) is 4.79 Å². The molecule has 0 aliphatic carbocycles. The van der Waals surface area contributed by atoms with Gasteiger partial charge in [0.05, 0.1) is 7.11 Å². The molecular weight excluding hydrogens is 318 g/mol. The molecule has 0 aliphatic rings. The molecule has 0 aliphatic heterocycles. The molecule has 0 fully saturated rings. The van der Waals surface area contributed by atoms with Gasteiger partial charge >= 0.3 is 0 Å². The van der Waals surface area contributed by atoms with E-state index in [9.17, 15) is 9.90 Å². The molecule has 5 heteroatoms. The van der Waals surface area contributed by atoms with Gasteiger partial charge in [0.15, 0.2) is 0 Å². The third-order valence-corrected chi connectivity index (χ3v) is 3.56. The van der Waals surface area contributed by atoms with Gasteiger partial charge in [-0.25, -0.2) is 0 Å². The van der Waals surface area contributed by atoms with Gasteiger partial charge in [-0.3, -0.25) is 4.79 Å². The molecule has 0 aromatic heterocycles. The van der Waals surface area contributed by atoms with E-state index < -0.39 is 6.10 Å². The Labute approximate surface area is 147 Å². The van der Waals surface area contributed by atoms with Crippen LogP contribution in [0, 0.1) is 6.92 Å². The Morgan fingerprint density at radius 3 is 2.80 bits per heavy atom. The first kappa shape index (κ1) is 18.5. The summed E-state index contributed by atoms with van der Waals surface area (Å²) in [6.45, 7) is 2.17. The maximum Gasteiger partial charge on any atom is 0.244 e. The predicted octanol–water partition coefficient (Wildman–Crippen LogP) is 2.57. The number of benzene rings is 2. The summed E-state index contributed by atoms with van der Waals surface area (Å²) in [6, 6.07) is 15.0. The van der Waals surface area contributed by atoms with Gasteiger partial charge in [0.25, 0.3) is 0 Å². The largest absolute Gasteiger partial charge is 0.497 e. The van der Waals surface area contributed by atoms with Crippen LogP contribution in [0.4, 0.5) is 0 Å². The molecule has 0 saturated heterocycles. The lowest BCUT2D eigenvalue weighted by atomic mass is 10.2. The van der Waals surface area contributed by atoms with Crippen molar-refractivity contribution in [1.82, 2.24) is 5.32 Å². The Morgan fingerprint density at radius 1 is 1.24 bits per heavy atom. The lowest BCUT2D eigenvalue weighted by molar-refractivity contribution is -0.117. The van der Waals surface area contributed by atoms with Crippen molar-refractivity contribution in [3.8, 4) is 11.5 Å². The van der Waals surface area contributed by atoms with Gasteiger partial charge in [-0.05, 0) is 42.3 Å². The summed E-state index contributed by atoms with van der Waals surface area (Å²) in [5, 5.41) is 12.6. The topological polar surface area (TPSA) is 67.8 Å². The number of hydrogen-bond donors (Lipinski definition) is 2. The van der Waals surface area contributed by atoms with Crippen molar-refractivity contribution in [2.24, 2.45) is 0 Å². The Hall–Kier alpha value is -2.79. The second kappa shape index (κ2) is 9.49. The molecule has 2 rings (SSSR count). The van der Waals surface area contributed by atoms with Crippen LogP contribution in [0.2, 0.25) is 0 Å². The summed E-state index contributed by atoms with van der Waals surface area (Å²) in [4.78, 5) is 11.8. The van der Waals surface area contributed by atoms with Crippen molar-refractivity contribution in [1.29, 1.82) is 0 Å². The zero-order chi connectivity index (χ0) is 18.1. The Balaban J connectivity index is 1.75. The molecule has 5 nitrogen and oxygen atoms in total. The fraction of sp³-hybridized carbons (Fsp3) is 0.250. The zero-order valence-corrected chi connectivity index (χ0v) is 14.4. The van der Waals surface area contributed by atoms with Crippen LogP contribution in [-0.4, -0.2) is 37.4 Å². The number of para-hydroxylation sites is 1. The number of methoxy groups -OCH3 is 1. The third kappa shape index (κ3) is 6.31. The number of aliphatic hydroxyl groups is 1. The van der Waals surface area contributed by atoms with Gasteiger partial charge in [-0.15, -0.1) is 0 Å². The Morgan fingerprint density at radius 2 is 2.04 bits per heavy atom. The van der Waals surface area contributed by atoms with Gasteiger partial charge in [-0.2, -0.15) is 0 Å². The maximum atomic E-state index is 11.8. The second-order valence-corrected chi connectivity index (χ2v) is 5.59. The van der Waals surface area contributed by atoms with Crippen molar-refractivity contribution >= 4 is 12.0 Å². The SMILES string of the molecule is COc1cccc(/C=C/C(=O)NCC(O)COc2ccccc2C)c1. The van der Waals surface area contributed by atoms with Crippen molar-refractivity contribution < 1.29 is 19.4 Å². The number of rotatable bonds is 8. The second-order valence-electron chi connectivity index (χ2n) is 5.59. The van der Waals surface area contributed by atoms with Gasteiger partial charge in [-0.1, -0.05) is 30.3 Å². The molecule has 0 bridgehead atoms. The Bertz CT molecular complexity index is 727. The molecule has 1 amide bonds. The van der Waals surface area contributed by atoms with Crippen LogP contribution in [0.15, 0.2) is 54.6 Å². The van der Waals surface area contributed by atoms with E-state index in [-0.39, 0.29) is 19.1 Å². The minimum Gasteiger partial charge on any atom is -0.497 e. The van der Waals surface area contributed by atoms with Gasteiger partial charge in [0.1, 0.15) is 24.2 Å². The zero-order valence-electron chi connectivity index (χ0n) is 14.4. The molecule has 1 atom stereocenters. The minimum absolute atomic E-state index is 0.116. The van der Waals surface area contributed by atoms with Crippen molar-refractivity contribution in [2.45, 2.75) is 13.0 Å². The standard InChI is InChI=1S/C20H23NO4/c1-15-6-3-4-9-19(15)25-14-17(22)13-21-20(23)11-10-16-7-5-8-18(12-16)24-2/h3-12,17,22H,13-14H2,1-2H3,(H,21,23)/b11-10+. The summed E-state index contributed by atoms with van der Waals surface area (Å²) < 4.78 is 10.7. The number of aryl methyl sites for hydroxylation is 1. The smallest absolute Gasteiger partial charge is 0.244 e. The fourth-order valence-electron chi connectivity index (χ4n) is 2.16. The molecule has 25 heavy (non-hydrogen) atoms. The van der Waals surface area contributed by atoms with E-state index >= 15 is 0 Å². The molecule has 1 unspecified atom stereocenters. The van der Waals surface area contributed by atoms with Gasteiger partial charge < -0.3 is 19.9 Å². The summed E-state index contributed by atoms with van der Waals surface area (Å²) in [5.74, 6) is 1.18. The Kier molecular flexibility index (Phi) is 7.04. The maximum absolute atomic E-state index is 11.8. The molecule has 2 N–H and O–H groups in total. The van der Waals surface area contributed by atoms with E-state index in [1.807, 2.05) is 55.5 Å². The first-order valence-corrected chi connectivity index (χ1v) is 8.05. The number of nitrogens with one attached hydrogen (secondary N) is 1. The summed E-state index contributed by atoms with van der Waals surface area (Å²) in [6.07, 6.45) is 2.33. The normalized spacial score (nSPS) is 12.0. The van der Waals surface area contributed by atoms with Crippen molar-refractivity contribution in [2.75, 3.05) is 20.3 Å². The average Bonchev–Trinajstić information content (AvgIpc) is 2.64. The van der Waals surface area contributed by atoms with Crippen LogP contribution >= 0.6 is 0 Å². The molecular formula is C20H23NO4. The van der Waals surface area contributed by atoms with Gasteiger partial charge in [0, 0.05) is 12.6 Å². The summed E-state index contributed by atoms with van der Waals surface area (Å²) >= 11 is 0. The highest BCUT2D eigenvalue weighted by Gasteiger charge is 2.07. The molecule has 0 spiro atoms. The quantitative estimate of drug-likeness (QED) is 0.724. The average molecular weight is 341 g/mol. The van der Waals surface area contributed by atoms with Crippen LogP contribution in [0.3, 0.4) is 0 Å². The lowest BCUT2D eigenvalue weighted by Crippen LogP contribution is -2.34. The van der Waals surface area contributed by atoms with E-state index in [0.29, 0.717) is 0 Å². The number of aliphatic hydroxyl groups excluding tert-OH is 1. The minimum atomic E-state index is -0.784. The monoisotopic (exact) mass is 341 g/mol. The number of amides is 1. The molecule has 2 aromatic carbocycles. The predicted molar refractivity (Wildman–Crippen MR) is 97.7 cm³/mol. The molecule has 2 aromatic rings. The van der Waals surface area contributed by atoms with Crippen LogP contribution in [0.1, 0.15) is 11.1 Å². The molecule has 0 heterocycles. The van der Waals surface area contributed by atoms with E-state index in [4.69, 9.17) is 9.47 Å². The van der Waals surface area contributed by atoms with Crippen molar-refractivity contribution in [3.05, 3.63) is 65.7 Å². The molecule has 0 saturated carbocycles. The van der Waals surface area contributed by atoms with Crippen LogP contribution in [0.25, 0.3) is 6.08 Å². The van der Waals surface area contributed by atoms with Crippen molar-refractivity contribution in [3.63, 3.8) is 0 Å². The van der Waals surface area contributed by atoms with E-state index in [1.165, 1.54) is 6.08 Å². The van der Waals surface area contributed by atoms with E-state index in [0.717, 1.165) is 22.6 Å². The highest BCUT2D eigenvalue weighted by Crippen LogP contribution is 2.16. The first-order chi connectivity index (χ1) is 12.1. The number of carbonyl (C=O) groups is 1. The third-order valence-electron chi connectivity index (χ3n) is 3.56. The number of hydrogen-bond acceptors (Lipinski definition) is 4. The molecule has 132 valence electrons. The van der Waals surface area contributed by atoms with Crippen LogP contribution < -0.4 is 14.8 Å². The molecule has 0 radical (unpaired) electrons.